The van der Waals surface area contributed by atoms with Gasteiger partial charge in [0.05, 0.1) is 0 Å². The molecule has 0 unspecified atom stereocenters. The van der Waals surface area contributed by atoms with Gasteiger partial charge in [0, 0.05) is 31.2 Å². The van der Waals surface area contributed by atoms with Gasteiger partial charge in [-0.2, -0.15) is 0 Å². The quantitative estimate of drug-likeness (QED) is 0.834. The second-order valence-electron chi connectivity index (χ2n) is 5.87. The molecule has 1 heterocycles. The molecule has 122 valence electrons. The molecule has 2 rings (SSSR count). The first-order valence-corrected chi connectivity index (χ1v) is 8.26. The van der Waals surface area contributed by atoms with E-state index in [0.29, 0.717) is 16.8 Å². The van der Waals surface area contributed by atoms with Crippen molar-refractivity contribution in [1.29, 1.82) is 0 Å². The van der Waals surface area contributed by atoms with E-state index in [1.807, 2.05) is 24.9 Å². The van der Waals surface area contributed by atoms with Gasteiger partial charge in [0.2, 0.25) is 0 Å². The summed E-state index contributed by atoms with van der Waals surface area (Å²) in [6.45, 7) is 7.39. The molecule has 0 aliphatic carbocycles. The first kappa shape index (κ1) is 17.1. The topological polar surface area (TPSA) is 32.8 Å². The van der Waals surface area contributed by atoms with Crippen LogP contribution in [0.4, 0.5) is 0 Å². The van der Waals surface area contributed by atoms with E-state index < -0.39 is 0 Å². The number of carbonyl (C=O) groups is 1. The molecule has 0 atom stereocenters. The van der Waals surface area contributed by atoms with Crippen molar-refractivity contribution in [2.75, 3.05) is 33.3 Å². The van der Waals surface area contributed by atoms with Crippen LogP contribution in [-0.4, -0.2) is 55.0 Å². The zero-order chi connectivity index (χ0) is 16.1. The first-order valence-electron chi connectivity index (χ1n) is 7.88. The van der Waals surface area contributed by atoms with Crippen LogP contribution in [0, 0.1) is 6.92 Å². The number of likely N-dealkylation sites (tertiary alicyclic amines) is 1. The van der Waals surface area contributed by atoms with Crippen molar-refractivity contribution >= 4 is 17.5 Å². The fourth-order valence-electron chi connectivity index (χ4n) is 2.78. The fraction of sp³-hybridized carbons (Fsp3) is 0.588. The summed E-state index contributed by atoms with van der Waals surface area (Å²) in [6, 6.07) is 5.77. The van der Waals surface area contributed by atoms with Gasteiger partial charge < -0.3 is 14.5 Å². The number of aryl methyl sites for hydroxylation is 1. The molecule has 1 fully saturated rings. The van der Waals surface area contributed by atoms with Crippen molar-refractivity contribution < 1.29 is 9.53 Å². The summed E-state index contributed by atoms with van der Waals surface area (Å²) < 4.78 is 5.60. The molecule has 1 amide bonds. The Hall–Kier alpha value is -1.26. The van der Waals surface area contributed by atoms with Gasteiger partial charge in [-0.25, -0.2) is 0 Å². The third-order valence-electron chi connectivity index (χ3n) is 4.44. The van der Waals surface area contributed by atoms with E-state index in [-0.39, 0.29) is 12.5 Å². The Morgan fingerprint density at radius 1 is 1.41 bits per heavy atom. The maximum absolute atomic E-state index is 12.3. The molecule has 1 aliphatic heterocycles. The molecule has 0 N–H and O–H groups in total. The van der Waals surface area contributed by atoms with Gasteiger partial charge in [-0.15, -0.1) is 0 Å². The average molecular weight is 325 g/mol. The van der Waals surface area contributed by atoms with Crippen LogP contribution in [0.25, 0.3) is 0 Å². The predicted molar refractivity (Wildman–Crippen MR) is 89.6 cm³/mol. The summed E-state index contributed by atoms with van der Waals surface area (Å²) in [5, 5.41) is 0.707. The number of halogens is 1. The summed E-state index contributed by atoms with van der Waals surface area (Å²) in [7, 11) is 1.88. The van der Waals surface area contributed by atoms with Gasteiger partial charge in [0.25, 0.3) is 5.91 Å². The van der Waals surface area contributed by atoms with E-state index >= 15 is 0 Å². The van der Waals surface area contributed by atoms with Gasteiger partial charge in [-0.05, 0) is 50.1 Å². The molecule has 1 aromatic rings. The van der Waals surface area contributed by atoms with Gasteiger partial charge >= 0.3 is 0 Å². The lowest BCUT2D eigenvalue weighted by molar-refractivity contribution is -0.135. The smallest absolute Gasteiger partial charge is 0.260 e. The second-order valence-corrected chi connectivity index (χ2v) is 6.28. The minimum atomic E-state index is 0.0301. The number of benzene rings is 1. The zero-order valence-corrected chi connectivity index (χ0v) is 14.4. The normalized spacial score (nSPS) is 16.5. The Labute approximate surface area is 138 Å². The molecule has 22 heavy (non-hydrogen) atoms. The van der Waals surface area contributed by atoms with Crippen LogP contribution in [0.1, 0.15) is 25.3 Å². The number of carbonyl (C=O) groups excluding carboxylic acids is 1. The molecule has 1 aromatic carbocycles. The van der Waals surface area contributed by atoms with Crippen LogP contribution < -0.4 is 4.74 Å². The van der Waals surface area contributed by atoms with Crippen LogP contribution in [0.15, 0.2) is 18.2 Å². The molecule has 0 bridgehead atoms. The Morgan fingerprint density at radius 2 is 2.09 bits per heavy atom. The lowest BCUT2D eigenvalue weighted by Crippen LogP contribution is -2.46. The summed E-state index contributed by atoms with van der Waals surface area (Å²) >= 11 is 5.98. The van der Waals surface area contributed by atoms with Gasteiger partial charge in [-0.1, -0.05) is 18.5 Å². The highest BCUT2D eigenvalue weighted by Crippen LogP contribution is 2.21. The zero-order valence-electron chi connectivity index (χ0n) is 13.6. The Bertz CT molecular complexity index is 513. The number of rotatable bonds is 5. The maximum Gasteiger partial charge on any atom is 0.260 e. The number of hydrogen-bond donors (Lipinski definition) is 0. The van der Waals surface area contributed by atoms with E-state index in [1.165, 1.54) is 0 Å². The predicted octanol–water partition coefficient (Wildman–Crippen LogP) is 2.97. The number of hydrogen-bond acceptors (Lipinski definition) is 3. The van der Waals surface area contributed by atoms with Gasteiger partial charge in [0.1, 0.15) is 5.75 Å². The van der Waals surface area contributed by atoms with Crippen LogP contribution >= 0.6 is 11.6 Å². The lowest BCUT2D eigenvalue weighted by Gasteiger charge is -2.36. The number of nitrogens with zero attached hydrogens (tertiary/aromatic N) is 2. The number of piperidine rings is 1. The number of amides is 1. The van der Waals surface area contributed by atoms with Crippen molar-refractivity contribution in [2.45, 2.75) is 32.7 Å². The molecule has 0 saturated carbocycles. The standard InChI is InChI=1S/C17H25ClN2O2/c1-4-20-9-7-14(8-10-20)19(3)17(21)12-22-15-5-6-16(18)13(2)11-15/h5-6,11,14H,4,7-10,12H2,1-3H3. The Balaban J connectivity index is 1.82. The third-order valence-corrected chi connectivity index (χ3v) is 4.86. The second kappa shape index (κ2) is 7.84. The highest BCUT2D eigenvalue weighted by molar-refractivity contribution is 6.31. The summed E-state index contributed by atoms with van der Waals surface area (Å²) in [4.78, 5) is 16.5. The SMILES string of the molecule is CCN1CCC(N(C)C(=O)COc2ccc(Cl)c(C)c2)CC1. The van der Waals surface area contributed by atoms with Crippen LogP contribution in [0.2, 0.25) is 5.02 Å². The minimum Gasteiger partial charge on any atom is -0.484 e. The van der Waals surface area contributed by atoms with Crippen molar-refractivity contribution in [3.05, 3.63) is 28.8 Å². The van der Waals surface area contributed by atoms with Crippen LogP contribution in [-0.2, 0) is 4.79 Å². The summed E-state index contributed by atoms with van der Waals surface area (Å²) in [5.41, 5.74) is 0.951. The van der Waals surface area contributed by atoms with Gasteiger partial charge in [-0.3, -0.25) is 4.79 Å². The fourth-order valence-corrected chi connectivity index (χ4v) is 2.90. The lowest BCUT2D eigenvalue weighted by atomic mass is 10.0. The van der Waals surface area contributed by atoms with Crippen molar-refractivity contribution in [1.82, 2.24) is 9.80 Å². The molecule has 1 aliphatic rings. The van der Waals surface area contributed by atoms with Gasteiger partial charge in [0.15, 0.2) is 6.61 Å². The maximum atomic E-state index is 12.3. The largest absolute Gasteiger partial charge is 0.484 e. The van der Waals surface area contributed by atoms with Crippen molar-refractivity contribution in [3.63, 3.8) is 0 Å². The third kappa shape index (κ3) is 4.37. The minimum absolute atomic E-state index is 0.0301. The highest BCUT2D eigenvalue weighted by Gasteiger charge is 2.24. The molecular weight excluding hydrogens is 300 g/mol. The molecule has 0 spiro atoms. The molecule has 0 aromatic heterocycles. The van der Waals surface area contributed by atoms with E-state index in [1.54, 1.807) is 12.1 Å². The monoisotopic (exact) mass is 324 g/mol. The van der Waals surface area contributed by atoms with Crippen molar-refractivity contribution in [3.8, 4) is 5.75 Å². The highest BCUT2D eigenvalue weighted by atomic mass is 35.5. The summed E-state index contributed by atoms with van der Waals surface area (Å²) in [5.74, 6) is 0.715. The van der Waals surface area contributed by atoms with E-state index in [9.17, 15) is 4.79 Å². The molecule has 5 heteroatoms. The van der Waals surface area contributed by atoms with E-state index in [0.717, 1.165) is 38.0 Å². The average Bonchev–Trinajstić information content (AvgIpc) is 2.55. The molecule has 0 radical (unpaired) electrons. The summed E-state index contributed by atoms with van der Waals surface area (Å²) in [6.07, 6.45) is 2.08. The Morgan fingerprint density at radius 3 is 2.68 bits per heavy atom. The van der Waals surface area contributed by atoms with Crippen LogP contribution in [0.5, 0.6) is 5.75 Å². The van der Waals surface area contributed by atoms with Crippen molar-refractivity contribution in [2.24, 2.45) is 0 Å². The molecule has 4 nitrogen and oxygen atoms in total. The Kier molecular flexibility index (Phi) is 6.09. The van der Waals surface area contributed by atoms with Crippen LogP contribution in [0.3, 0.4) is 0 Å². The van der Waals surface area contributed by atoms with E-state index in [4.69, 9.17) is 16.3 Å². The first-order chi connectivity index (χ1) is 10.5. The number of likely N-dealkylation sites (N-methyl/N-ethyl adjacent to an activating group) is 1. The molecule has 1 saturated heterocycles. The molecular formula is C17H25ClN2O2. The van der Waals surface area contributed by atoms with E-state index in [2.05, 4.69) is 11.8 Å². The number of ether oxygens (including phenoxy) is 1.